The molecule has 0 heterocycles. The molecule has 0 spiro atoms. The molecular formula is C13H20. The van der Waals surface area contributed by atoms with Gasteiger partial charge in [0.2, 0.25) is 0 Å². The predicted octanol–water partition coefficient (Wildman–Crippen LogP) is 3.47. The molecule has 0 heteroatoms. The van der Waals surface area contributed by atoms with Gasteiger partial charge in [-0.15, -0.1) is 0 Å². The molecule has 0 aromatic carbocycles. The van der Waals surface area contributed by atoms with Crippen LogP contribution in [0.2, 0.25) is 0 Å². The van der Waals surface area contributed by atoms with Crippen LogP contribution in [0.1, 0.15) is 44.9 Å². The lowest BCUT2D eigenvalue weighted by Gasteiger charge is -2.62. The maximum Gasteiger partial charge on any atom is -0.0323 e. The molecule has 0 saturated heterocycles. The van der Waals surface area contributed by atoms with Crippen molar-refractivity contribution in [3.05, 3.63) is 0 Å². The highest BCUT2D eigenvalue weighted by atomic mass is 14.6. The Labute approximate surface area is 81.1 Å². The lowest BCUT2D eigenvalue weighted by molar-refractivity contribution is -0.130. The van der Waals surface area contributed by atoms with Crippen molar-refractivity contribution in [2.75, 3.05) is 0 Å². The van der Waals surface area contributed by atoms with Crippen LogP contribution in [0.15, 0.2) is 0 Å². The Kier molecular flexibility index (Phi) is 1.31. The number of hydrogen-bond acceptors (Lipinski definition) is 0. The van der Waals surface area contributed by atoms with Crippen LogP contribution in [0, 0.1) is 35.5 Å². The third-order valence-electron chi connectivity index (χ3n) is 5.95. The first-order chi connectivity index (χ1) is 6.43. The summed E-state index contributed by atoms with van der Waals surface area (Å²) in [6, 6.07) is 0. The third kappa shape index (κ3) is 0.789. The van der Waals surface area contributed by atoms with Gasteiger partial charge in [0.1, 0.15) is 0 Å². The van der Waals surface area contributed by atoms with E-state index in [1.54, 1.807) is 44.9 Å². The van der Waals surface area contributed by atoms with E-state index in [-0.39, 0.29) is 0 Å². The van der Waals surface area contributed by atoms with E-state index in [1.807, 2.05) is 0 Å². The molecule has 2 bridgehead atoms. The first-order valence-corrected chi connectivity index (χ1v) is 6.43. The van der Waals surface area contributed by atoms with Gasteiger partial charge >= 0.3 is 0 Å². The first-order valence-electron chi connectivity index (χ1n) is 6.43. The summed E-state index contributed by atoms with van der Waals surface area (Å²) in [5.74, 6) is 7.25. The summed E-state index contributed by atoms with van der Waals surface area (Å²) < 4.78 is 0. The largest absolute Gasteiger partial charge is 0.0528 e. The van der Waals surface area contributed by atoms with E-state index in [0.717, 1.165) is 0 Å². The summed E-state index contributed by atoms with van der Waals surface area (Å²) in [5.41, 5.74) is 0. The van der Waals surface area contributed by atoms with Gasteiger partial charge in [-0.1, -0.05) is 19.3 Å². The van der Waals surface area contributed by atoms with Crippen LogP contribution in [0.4, 0.5) is 0 Å². The second-order valence-electron chi connectivity index (χ2n) is 6.16. The average molecular weight is 176 g/mol. The van der Waals surface area contributed by atoms with Crippen LogP contribution in [0.5, 0.6) is 0 Å². The highest BCUT2D eigenvalue weighted by Gasteiger charge is 2.59. The number of fused-ring (bicyclic) bond motifs is 5. The summed E-state index contributed by atoms with van der Waals surface area (Å²) in [4.78, 5) is 0. The minimum Gasteiger partial charge on any atom is -0.0528 e. The molecule has 4 unspecified atom stereocenters. The molecule has 0 nitrogen and oxygen atoms in total. The summed E-state index contributed by atoms with van der Waals surface area (Å²) >= 11 is 0. The lowest BCUT2D eigenvalue weighted by Crippen LogP contribution is -2.55. The van der Waals surface area contributed by atoms with Gasteiger partial charge < -0.3 is 0 Å². The standard InChI is InChI=1S/C13H20/c1-2-8-4-5-9(3-1)12-7-10-6-11(8)13(10)12/h8-13H,1-7H2. The Morgan fingerprint density at radius 1 is 0.615 bits per heavy atom. The molecule has 4 atom stereocenters. The van der Waals surface area contributed by atoms with Gasteiger partial charge in [-0.3, -0.25) is 0 Å². The van der Waals surface area contributed by atoms with Crippen molar-refractivity contribution in [2.45, 2.75) is 44.9 Å². The van der Waals surface area contributed by atoms with Crippen LogP contribution in [-0.4, -0.2) is 0 Å². The molecule has 4 rings (SSSR count). The van der Waals surface area contributed by atoms with Crippen LogP contribution < -0.4 is 0 Å². The highest BCUT2D eigenvalue weighted by molar-refractivity contribution is 5.08. The summed E-state index contributed by atoms with van der Waals surface area (Å²) in [6.45, 7) is 0. The zero-order valence-corrected chi connectivity index (χ0v) is 8.41. The molecule has 13 heavy (non-hydrogen) atoms. The Morgan fingerprint density at radius 2 is 1.23 bits per heavy atom. The molecule has 4 aliphatic rings. The first kappa shape index (κ1) is 7.31. The molecular weight excluding hydrogens is 156 g/mol. The monoisotopic (exact) mass is 176 g/mol. The van der Waals surface area contributed by atoms with Gasteiger partial charge in [-0.25, -0.2) is 0 Å². The van der Waals surface area contributed by atoms with Crippen molar-refractivity contribution in [3.63, 3.8) is 0 Å². The second kappa shape index (κ2) is 2.32. The van der Waals surface area contributed by atoms with E-state index in [1.165, 1.54) is 35.5 Å². The topological polar surface area (TPSA) is 0 Å². The normalized spacial score (nSPS) is 62.8. The van der Waals surface area contributed by atoms with Crippen molar-refractivity contribution in [2.24, 2.45) is 35.5 Å². The van der Waals surface area contributed by atoms with Crippen LogP contribution >= 0.6 is 0 Å². The van der Waals surface area contributed by atoms with E-state index in [9.17, 15) is 0 Å². The molecule has 4 saturated carbocycles. The maximum absolute atomic E-state index is 1.64. The molecule has 0 aliphatic heterocycles. The average Bonchev–Trinajstić information content (AvgIpc) is 2.34. The van der Waals surface area contributed by atoms with E-state index >= 15 is 0 Å². The fourth-order valence-corrected chi connectivity index (χ4v) is 5.28. The molecule has 4 aliphatic carbocycles. The lowest BCUT2D eigenvalue weighted by atomic mass is 9.43. The Balaban J connectivity index is 1.71. The Bertz CT molecular complexity index is 203. The van der Waals surface area contributed by atoms with Crippen molar-refractivity contribution in [3.8, 4) is 0 Å². The molecule has 0 aromatic rings. The van der Waals surface area contributed by atoms with Crippen LogP contribution in [0.3, 0.4) is 0 Å². The van der Waals surface area contributed by atoms with E-state index in [4.69, 9.17) is 0 Å². The van der Waals surface area contributed by atoms with Crippen LogP contribution in [0.25, 0.3) is 0 Å². The van der Waals surface area contributed by atoms with Crippen molar-refractivity contribution < 1.29 is 0 Å². The minimum atomic E-state index is 1.18. The van der Waals surface area contributed by atoms with Gasteiger partial charge in [0, 0.05) is 0 Å². The van der Waals surface area contributed by atoms with Crippen molar-refractivity contribution in [1.82, 2.24) is 0 Å². The summed E-state index contributed by atoms with van der Waals surface area (Å²) in [5, 5.41) is 0. The minimum absolute atomic E-state index is 1.18. The van der Waals surface area contributed by atoms with E-state index < -0.39 is 0 Å². The SMILES string of the molecule is C1CC2CCC(C1)C1CC3CC2C31. The molecule has 72 valence electrons. The van der Waals surface area contributed by atoms with E-state index in [0.29, 0.717) is 0 Å². The quantitative estimate of drug-likeness (QED) is 0.530. The molecule has 4 fully saturated rings. The Morgan fingerprint density at radius 3 is 1.77 bits per heavy atom. The number of hydrogen-bond donors (Lipinski definition) is 0. The maximum atomic E-state index is 1.64. The fraction of sp³-hybridized carbons (Fsp3) is 1.00. The number of rotatable bonds is 0. The predicted molar refractivity (Wildman–Crippen MR) is 53.3 cm³/mol. The summed E-state index contributed by atoms with van der Waals surface area (Å²) in [6.07, 6.45) is 11.2. The fourth-order valence-electron chi connectivity index (χ4n) is 5.28. The molecule has 0 amide bonds. The zero-order valence-electron chi connectivity index (χ0n) is 8.41. The van der Waals surface area contributed by atoms with Crippen molar-refractivity contribution >= 4 is 0 Å². The van der Waals surface area contributed by atoms with E-state index in [2.05, 4.69) is 0 Å². The van der Waals surface area contributed by atoms with Gasteiger partial charge in [0.15, 0.2) is 0 Å². The third-order valence-corrected chi connectivity index (χ3v) is 5.95. The molecule has 0 N–H and O–H groups in total. The Hall–Kier alpha value is 0. The summed E-state index contributed by atoms with van der Waals surface area (Å²) in [7, 11) is 0. The second-order valence-corrected chi connectivity index (χ2v) is 6.16. The molecule has 0 aromatic heterocycles. The van der Waals surface area contributed by atoms with Gasteiger partial charge in [-0.05, 0) is 61.2 Å². The van der Waals surface area contributed by atoms with Crippen LogP contribution in [-0.2, 0) is 0 Å². The van der Waals surface area contributed by atoms with Gasteiger partial charge in [-0.2, -0.15) is 0 Å². The van der Waals surface area contributed by atoms with Crippen molar-refractivity contribution in [1.29, 1.82) is 0 Å². The highest BCUT2D eigenvalue weighted by Crippen LogP contribution is 2.67. The molecule has 0 radical (unpaired) electrons. The van der Waals surface area contributed by atoms with Gasteiger partial charge in [0.25, 0.3) is 0 Å². The van der Waals surface area contributed by atoms with Gasteiger partial charge in [0.05, 0.1) is 0 Å². The smallest absolute Gasteiger partial charge is 0.0323 e. The zero-order chi connectivity index (χ0) is 8.41.